The van der Waals surface area contributed by atoms with Crippen molar-refractivity contribution in [3.8, 4) is 0 Å². The molecule has 13 heavy (non-hydrogen) atoms. The molecule has 0 bridgehead atoms. The second-order valence-corrected chi connectivity index (χ2v) is 2.37. The number of halogens is 6. The fourth-order valence-corrected chi connectivity index (χ4v) is 0.746. The largest absolute Gasteiger partial charge is 0.440 e. The van der Waals surface area contributed by atoms with Gasteiger partial charge in [-0.1, -0.05) is 0 Å². The minimum absolute atomic E-state index is 1.12. The zero-order valence-electron chi connectivity index (χ0n) is 5.95. The SMILES string of the molecule is FC(F)(F)C1COC(C(F)(F)F)O1. The van der Waals surface area contributed by atoms with E-state index in [0.717, 1.165) is 0 Å². The second kappa shape index (κ2) is 3.02. The summed E-state index contributed by atoms with van der Waals surface area (Å²) in [6.45, 7) is -1.12. The fourth-order valence-electron chi connectivity index (χ4n) is 0.746. The Morgan fingerprint density at radius 1 is 0.923 bits per heavy atom. The van der Waals surface area contributed by atoms with Crippen molar-refractivity contribution in [1.82, 2.24) is 0 Å². The average molecular weight is 210 g/mol. The number of hydrogen-bond donors (Lipinski definition) is 0. The van der Waals surface area contributed by atoms with Crippen LogP contribution in [-0.2, 0) is 9.47 Å². The first-order valence-corrected chi connectivity index (χ1v) is 3.12. The highest BCUT2D eigenvalue weighted by Crippen LogP contribution is 2.34. The van der Waals surface area contributed by atoms with E-state index in [2.05, 4.69) is 9.47 Å². The molecule has 0 aromatic carbocycles. The average Bonchev–Trinajstić information content (AvgIpc) is 2.28. The molecule has 1 heterocycles. The first kappa shape index (κ1) is 10.6. The van der Waals surface area contributed by atoms with Gasteiger partial charge < -0.3 is 9.47 Å². The van der Waals surface area contributed by atoms with Gasteiger partial charge in [0.25, 0.3) is 6.29 Å². The molecule has 2 unspecified atom stereocenters. The molecule has 0 N–H and O–H groups in total. The first-order chi connectivity index (χ1) is 5.71. The molecule has 1 aliphatic heterocycles. The Labute approximate surface area is 68.4 Å². The van der Waals surface area contributed by atoms with Gasteiger partial charge in [-0.15, -0.1) is 0 Å². The number of hydrogen-bond acceptors (Lipinski definition) is 2. The Bertz CT molecular complexity index is 164. The summed E-state index contributed by atoms with van der Waals surface area (Å²) in [5, 5.41) is 0. The molecule has 0 radical (unpaired) electrons. The third-order valence-corrected chi connectivity index (χ3v) is 1.32. The summed E-state index contributed by atoms with van der Waals surface area (Å²) < 4.78 is 77.8. The molecular formula is C5H4F6O2. The van der Waals surface area contributed by atoms with Gasteiger partial charge in [0.2, 0.25) is 0 Å². The number of alkyl halides is 6. The summed E-state index contributed by atoms with van der Waals surface area (Å²) >= 11 is 0. The molecule has 2 nitrogen and oxygen atoms in total. The van der Waals surface area contributed by atoms with Crippen molar-refractivity contribution >= 4 is 0 Å². The van der Waals surface area contributed by atoms with Crippen LogP contribution in [0.25, 0.3) is 0 Å². The smallest absolute Gasteiger partial charge is 0.342 e. The van der Waals surface area contributed by atoms with E-state index in [9.17, 15) is 26.3 Å². The van der Waals surface area contributed by atoms with Gasteiger partial charge in [-0.05, 0) is 0 Å². The third-order valence-electron chi connectivity index (χ3n) is 1.32. The van der Waals surface area contributed by atoms with E-state index in [1.54, 1.807) is 0 Å². The van der Waals surface area contributed by atoms with Crippen LogP contribution in [0, 0.1) is 0 Å². The molecule has 1 fully saturated rings. The third kappa shape index (κ3) is 2.47. The van der Waals surface area contributed by atoms with Gasteiger partial charge in [0.1, 0.15) is 0 Å². The van der Waals surface area contributed by atoms with E-state index in [1.807, 2.05) is 0 Å². The topological polar surface area (TPSA) is 18.5 Å². The van der Waals surface area contributed by atoms with E-state index < -0.39 is 31.4 Å². The Hall–Kier alpha value is -0.500. The summed E-state index contributed by atoms with van der Waals surface area (Å²) in [4.78, 5) is 0. The minimum atomic E-state index is -4.92. The molecular weight excluding hydrogens is 206 g/mol. The standard InChI is InChI=1S/C5H4F6O2/c6-4(7,8)2-1-12-3(13-2)5(9,10)11/h2-3H,1H2. The Morgan fingerprint density at radius 3 is 1.69 bits per heavy atom. The van der Waals surface area contributed by atoms with E-state index in [-0.39, 0.29) is 0 Å². The molecule has 0 saturated carbocycles. The Balaban J connectivity index is 2.55. The highest BCUT2D eigenvalue weighted by atomic mass is 19.4. The van der Waals surface area contributed by atoms with Gasteiger partial charge in [0.15, 0.2) is 6.10 Å². The van der Waals surface area contributed by atoms with Gasteiger partial charge in [-0.25, -0.2) is 0 Å². The van der Waals surface area contributed by atoms with Gasteiger partial charge in [-0.3, -0.25) is 0 Å². The zero-order valence-corrected chi connectivity index (χ0v) is 5.95. The van der Waals surface area contributed by atoms with Crippen LogP contribution in [-0.4, -0.2) is 31.4 Å². The monoisotopic (exact) mass is 210 g/mol. The van der Waals surface area contributed by atoms with Gasteiger partial charge in [0.05, 0.1) is 6.61 Å². The molecule has 0 amide bonds. The Morgan fingerprint density at radius 2 is 1.46 bits per heavy atom. The summed E-state index contributed by atoms with van der Waals surface area (Å²) in [7, 11) is 0. The van der Waals surface area contributed by atoms with Gasteiger partial charge in [-0.2, -0.15) is 26.3 Å². The van der Waals surface area contributed by atoms with Crippen molar-refractivity contribution in [3.05, 3.63) is 0 Å². The molecule has 78 valence electrons. The molecule has 8 heteroatoms. The van der Waals surface area contributed by atoms with Crippen molar-refractivity contribution in [2.75, 3.05) is 6.61 Å². The van der Waals surface area contributed by atoms with Crippen LogP contribution >= 0.6 is 0 Å². The van der Waals surface area contributed by atoms with Crippen LogP contribution in [0.15, 0.2) is 0 Å². The predicted molar refractivity (Wildman–Crippen MR) is 26.7 cm³/mol. The maximum Gasteiger partial charge on any atom is 0.440 e. The van der Waals surface area contributed by atoms with Crippen LogP contribution in [0.1, 0.15) is 0 Å². The summed E-state index contributed by atoms with van der Waals surface area (Å²) in [6.07, 6.45) is -15.0. The van der Waals surface area contributed by atoms with E-state index in [4.69, 9.17) is 0 Å². The summed E-state index contributed by atoms with van der Waals surface area (Å²) in [6, 6.07) is 0. The lowest BCUT2D eigenvalue weighted by Crippen LogP contribution is -2.34. The maximum absolute atomic E-state index is 11.7. The van der Waals surface area contributed by atoms with Gasteiger partial charge in [0, 0.05) is 0 Å². The van der Waals surface area contributed by atoms with E-state index in [0.29, 0.717) is 0 Å². The summed E-state index contributed by atoms with van der Waals surface area (Å²) in [5.41, 5.74) is 0. The molecule has 0 aromatic heterocycles. The van der Waals surface area contributed by atoms with Crippen LogP contribution in [0.2, 0.25) is 0 Å². The number of rotatable bonds is 0. The molecule has 0 spiro atoms. The molecule has 2 atom stereocenters. The normalized spacial score (nSPS) is 30.9. The van der Waals surface area contributed by atoms with Crippen LogP contribution in [0.4, 0.5) is 26.3 Å². The second-order valence-electron chi connectivity index (χ2n) is 2.37. The lowest BCUT2D eigenvalue weighted by molar-refractivity contribution is -0.294. The highest BCUT2D eigenvalue weighted by molar-refractivity contribution is 4.75. The van der Waals surface area contributed by atoms with Crippen molar-refractivity contribution in [1.29, 1.82) is 0 Å². The lowest BCUT2D eigenvalue weighted by Gasteiger charge is -2.15. The predicted octanol–water partition coefficient (Wildman–Crippen LogP) is 1.85. The first-order valence-electron chi connectivity index (χ1n) is 3.12. The van der Waals surface area contributed by atoms with Crippen LogP contribution in [0.3, 0.4) is 0 Å². The molecule has 0 aliphatic carbocycles. The molecule has 1 aliphatic rings. The zero-order chi connectivity index (χ0) is 10.3. The van der Waals surface area contributed by atoms with Crippen molar-refractivity contribution < 1.29 is 35.8 Å². The quantitative estimate of drug-likeness (QED) is 0.568. The van der Waals surface area contributed by atoms with E-state index in [1.165, 1.54) is 0 Å². The highest BCUT2D eigenvalue weighted by Gasteiger charge is 2.54. The summed E-state index contributed by atoms with van der Waals surface area (Å²) in [5.74, 6) is 0. The van der Waals surface area contributed by atoms with Crippen LogP contribution < -0.4 is 0 Å². The van der Waals surface area contributed by atoms with Crippen molar-refractivity contribution in [3.63, 3.8) is 0 Å². The van der Waals surface area contributed by atoms with Crippen LogP contribution in [0.5, 0.6) is 0 Å². The fraction of sp³-hybridized carbons (Fsp3) is 1.00. The molecule has 1 rings (SSSR count). The molecule has 1 saturated heterocycles. The molecule has 0 aromatic rings. The van der Waals surface area contributed by atoms with Crippen molar-refractivity contribution in [2.24, 2.45) is 0 Å². The number of ether oxygens (including phenoxy) is 2. The minimum Gasteiger partial charge on any atom is -0.342 e. The van der Waals surface area contributed by atoms with Gasteiger partial charge >= 0.3 is 12.4 Å². The lowest BCUT2D eigenvalue weighted by atomic mass is 10.4. The maximum atomic E-state index is 11.7. The van der Waals surface area contributed by atoms with Crippen molar-refractivity contribution in [2.45, 2.75) is 24.7 Å². The van der Waals surface area contributed by atoms with E-state index >= 15 is 0 Å². The Kier molecular flexibility index (Phi) is 2.46.